The molecule has 0 heterocycles. The van der Waals surface area contributed by atoms with Crippen LogP contribution in [0.4, 0.5) is 0 Å². The molecule has 3 heteroatoms. The van der Waals surface area contributed by atoms with Crippen LogP contribution in [0.25, 0.3) is 0 Å². The molecule has 30 heavy (non-hydrogen) atoms. The Labute approximate surface area is 185 Å². The molecule has 0 radical (unpaired) electrons. The van der Waals surface area contributed by atoms with Crippen LogP contribution in [-0.4, -0.2) is 18.2 Å². The van der Waals surface area contributed by atoms with Gasteiger partial charge in [0.05, 0.1) is 0 Å². The highest BCUT2D eigenvalue weighted by atomic mass is 16.2. The van der Waals surface area contributed by atoms with Crippen LogP contribution in [0.1, 0.15) is 110 Å². The first-order chi connectivity index (χ1) is 14.7. The average Bonchev–Trinajstić information content (AvgIpc) is 3.61. The average molecular weight is 416 g/mol. The molecule has 2 fully saturated rings. The van der Waals surface area contributed by atoms with E-state index in [9.17, 15) is 9.59 Å². The minimum atomic E-state index is 0.149. The summed E-state index contributed by atoms with van der Waals surface area (Å²) in [5.41, 5.74) is 1.28. The van der Waals surface area contributed by atoms with Gasteiger partial charge in [-0.2, -0.15) is 0 Å². The molecule has 1 amide bonds. The van der Waals surface area contributed by atoms with Crippen molar-refractivity contribution in [2.24, 2.45) is 11.8 Å². The van der Waals surface area contributed by atoms with Gasteiger partial charge in [-0.3, -0.25) is 4.79 Å². The standard InChI is InChI=1S/C19H25NO2.C6H14.C2H6/c21-12-6-10-15-9-4-5-11-18(15)20-19(22)17-13-16(17)14-7-2-1-3-8-14;1-3-5-6-4-2;1-2/h1-3,7-8,12,15-18H,4-6,9-11,13H2,(H,20,22);3-6H2,1-2H3;1-2H3. The largest absolute Gasteiger partial charge is 0.353 e. The number of nitrogens with one attached hydrogen (secondary N) is 1. The molecule has 0 saturated heterocycles. The molecule has 2 aliphatic carbocycles. The number of carbonyl (C=O) groups excluding carboxylic acids is 2. The summed E-state index contributed by atoms with van der Waals surface area (Å²) in [4.78, 5) is 23.1. The Bertz CT molecular complexity index is 567. The molecule has 2 saturated carbocycles. The number of benzene rings is 1. The lowest BCUT2D eigenvalue weighted by Gasteiger charge is -2.32. The first-order valence-corrected chi connectivity index (χ1v) is 12.5. The zero-order valence-corrected chi connectivity index (χ0v) is 19.9. The number of amides is 1. The highest BCUT2D eigenvalue weighted by molar-refractivity contribution is 5.83. The number of aldehydes is 1. The van der Waals surface area contributed by atoms with Gasteiger partial charge >= 0.3 is 0 Å². The van der Waals surface area contributed by atoms with Crippen molar-refractivity contribution in [3.05, 3.63) is 35.9 Å². The minimum Gasteiger partial charge on any atom is -0.353 e. The second-order valence-corrected chi connectivity index (χ2v) is 8.47. The van der Waals surface area contributed by atoms with E-state index >= 15 is 0 Å². The fourth-order valence-electron chi connectivity index (χ4n) is 4.37. The second kappa shape index (κ2) is 16.1. The first kappa shape index (κ1) is 26.4. The summed E-state index contributed by atoms with van der Waals surface area (Å²) in [5, 5.41) is 3.28. The summed E-state index contributed by atoms with van der Waals surface area (Å²) in [6.07, 6.45) is 13.7. The molecule has 1 N–H and O–H groups in total. The Kier molecular flexibility index (Phi) is 14.2. The van der Waals surface area contributed by atoms with E-state index in [4.69, 9.17) is 0 Å². The maximum Gasteiger partial charge on any atom is 0.223 e. The quantitative estimate of drug-likeness (QED) is 0.347. The van der Waals surface area contributed by atoms with Crippen LogP contribution in [0.15, 0.2) is 30.3 Å². The first-order valence-electron chi connectivity index (χ1n) is 12.5. The maximum atomic E-state index is 12.5. The van der Waals surface area contributed by atoms with Crippen molar-refractivity contribution in [1.29, 1.82) is 0 Å². The van der Waals surface area contributed by atoms with Gasteiger partial charge in [0.1, 0.15) is 6.29 Å². The van der Waals surface area contributed by atoms with Gasteiger partial charge in [-0.15, -0.1) is 0 Å². The molecule has 2 aliphatic rings. The van der Waals surface area contributed by atoms with Crippen molar-refractivity contribution < 1.29 is 9.59 Å². The van der Waals surface area contributed by atoms with E-state index in [2.05, 4.69) is 31.3 Å². The van der Waals surface area contributed by atoms with Crippen LogP contribution in [0.5, 0.6) is 0 Å². The fraction of sp³-hybridized carbons (Fsp3) is 0.704. The van der Waals surface area contributed by atoms with E-state index < -0.39 is 0 Å². The summed E-state index contributed by atoms with van der Waals surface area (Å²) in [6, 6.07) is 10.6. The van der Waals surface area contributed by atoms with E-state index in [-0.39, 0.29) is 17.9 Å². The van der Waals surface area contributed by atoms with Crippen molar-refractivity contribution in [1.82, 2.24) is 5.32 Å². The Morgan fingerprint density at radius 2 is 1.67 bits per heavy atom. The van der Waals surface area contributed by atoms with E-state index in [0.29, 0.717) is 18.3 Å². The molecule has 0 aliphatic heterocycles. The predicted octanol–water partition coefficient (Wildman–Crippen LogP) is 7.06. The summed E-state index contributed by atoms with van der Waals surface area (Å²) in [5.74, 6) is 1.25. The monoisotopic (exact) mass is 415 g/mol. The molecular formula is C27H45NO2. The number of hydrogen-bond acceptors (Lipinski definition) is 2. The number of rotatable bonds is 9. The fourth-order valence-corrected chi connectivity index (χ4v) is 4.37. The van der Waals surface area contributed by atoms with Crippen LogP contribution in [0.3, 0.4) is 0 Å². The van der Waals surface area contributed by atoms with Gasteiger partial charge in [0.25, 0.3) is 0 Å². The van der Waals surface area contributed by atoms with Gasteiger partial charge in [-0.25, -0.2) is 0 Å². The molecule has 170 valence electrons. The molecule has 0 bridgehead atoms. The minimum absolute atomic E-state index is 0.149. The van der Waals surface area contributed by atoms with Crippen molar-refractivity contribution in [2.75, 3.05) is 0 Å². The van der Waals surface area contributed by atoms with Gasteiger partial charge in [0.15, 0.2) is 0 Å². The van der Waals surface area contributed by atoms with Gasteiger partial charge in [0.2, 0.25) is 5.91 Å². The second-order valence-electron chi connectivity index (χ2n) is 8.47. The highest BCUT2D eigenvalue weighted by Gasteiger charge is 2.44. The third-order valence-electron chi connectivity index (χ3n) is 6.20. The molecule has 1 aromatic carbocycles. The van der Waals surface area contributed by atoms with Crippen LogP contribution < -0.4 is 5.32 Å². The van der Waals surface area contributed by atoms with Crippen LogP contribution in [0.2, 0.25) is 0 Å². The van der Waals surface area contributed by atoms with Crippen LogP contribution in [-0.2, 0) is 9.59 Å². The van der Waals surface area contributed by atoms with Crippen molar-refractivity contribution in [3.63, 3.8) is 0 Å². The Balaban J connectivity index is 0.000000487. The highest BCUT2D eigenvalue weighted by Crippen LogP contribution is 2.47. The number of carbonyl (C=O) groups is 2. The van der Waals surface area contributed by atoms with Crippen molar-refractivity contribution in [3.8, 4) is 0 Å². The maximum absolute atomic E-state index is 12.5. The summed E-state index contributed by atoms with van der Waals surface area (Å²) in [6.45, 7) is 8.46. The molecule has 1 aromatic rings. The van der Waals surface area contributed by atoms with Crippen LogP contribution >= 0.6 is 0 Å². The lowest BCUT2D eigenvalue weighted by atomic mass is 9.81. The lowest BCUT2D eigenvalue weighted by molar-refractivity contribution is -0.123. The topological polar surface area (TPSA) is 46.2 Å². The summed E-state index contributed by atoms with van der Waals surface area (Å²) in [7, 11) is 0. The predicted molar refractivity (Wildman–Crippen MR) is 128 cm³/mol. The van der Waals surface area contributed by atoms with Gasteiger partial charge < -0.3 is 10.1 Å². The molecule has 4 unspecified atom stereocenters. The Morgan fingerprint density at radius 1 is 1.03 bits per heavy atom. The third-order valence-corrected chi connectivity index (χ3v) is 6.20. The van der Waals surface area contributed by atoms with E-state index in [1.165, 1.54) is 44.1 Å². The third kappa shape index (κ3) is 9.45. The molecule has 0 aromatic heterocycles. The smallest absolute Gasteiger partial charge is 0.223 e. The van der Waals surface area contributed by atoms with Gasteiger partial charge in [0, 0.05) is 18.4 Å². The summed E-state index contributed by atoms with van der Waals surface area (Å²) < 4.78 is 0. The SMILES string of the molecule is CC.CCCCCC.O=CCCC1CCCCC1NC(=O)C1CC1c1ccccc1. The van der Waals surface area contributed by atoms with E-state index in [1.807, 2.05) is 32.0 Å². The van der Waals surface area contributed by atoms with Gasteiger partial charge in [-0.05, 0) is 43.1 Å². The Hall–Kier alpha value is -1.64. The molecule has 3 nitrogen and oxygen atoms in total. The zero-order valence-electron chi connectivity index (χ0n) is 19.9. The van der Waals surface area contributed by atoms with Gasteiger partial charge in [-0.1, -0.05) is 96.6 Å². The number of unbranched alkanes of at least 4 members (excludes halogenated alkanes) is 3. The molecule has 0 spiro atoms. The molecular weight excluding hydrogens is 370 g/mol. The lowest BCUT2D eigenvalue weighted by Crippen LogP contribution is -2.43. The summed E-state index contributed by atoms with van der Waals surface area (Å²) >= 11 is 0. The number of hydrogen-bond donors (Lipinski definition) is 1. The molecule has 4 atom stereocenters. The van der Waals surface area contributed by atoms with Crippen LogP contribution in [0, 0.1) is 11.8 Å². The van der Waals surface area contributed by atoms with E-state index in [1.54, 1.807) is 0 Å². The Morgan fingerprint density at radius 3 is 2.27 bits per heavy atom. The van der Waals surface area contributed by atoms with Crippen molar-refractivity contribution in [2.45, 2.75) is 110 Å². The van der Waals surface area contributed by atoms with Crippen molar-refractivity contribution >= 4 is 12.2 Å². The molecule has 3 rings (SSSR count). The normalized spacial score (nSPS) is 24.4. The van der Waals surface area contributed by atoms with E-state index in [0.717, 1.165) is 32.0 Å². The zero-order chi connectivity index (χ0) is 22.2.